The molecule has 0 aromatic rings. The van der Waals surface area contributed by atoms with Crippen LogP contribution in [0.3, 0.4) is 0 Å². The summed E-state index contributed by atoms with van der Waals surface area (Å²) in [5.74, 6) is -9.79. The number of nitrogens with two attached hydrogens (primary N) is 1. The second-order valence-electron chi connectivity index (χ2n) is 12.2. The molecule has 0 unspecified atom stereocenters. The second kappa shape index (κ2) is 21.3. The lowest BCUT2D eigenvalue weighted by atomic mass is 10.0. The fraction of sp³-hybridized carbons (Fsp3) is 0.690. The molecule has 1 aliphatic rings. The lowest BCUT2D eigenvalue weighted by molar-refractivity contribution is -0.144. The summed E-state index contributed by atoms with van der Waals surface area (Å²) in [5.41, 5.74) is 5.51. The topological polar surface area (TPSA) is 356 Å². The van der Waals surface area contributed by atoms with E-state index in [2.05, 4.69) is 26.6 Å². The first-order chi connectivity index (χ1) is 23.8. The molecule has 1 aliphatic heterocycles. The van der Waals surface area contributed by atoms with Gasteiger partial charge in [-0.1, -0.05) is 13.8 Å². The molecular formula is C29H48N8O14. The molecule has 7 atom stereocenters. The molecule has 0 aromatic heterocycles. The molecule has 1 fully saturated rings. The highest BCUT2D eigenvalue weighted by Gasteiger charge is 2.39. The SMILES string of the molecule is CC(C)C[C@H](NC(=O)CNC(=O)[C@@H](N)[C@@H](C)O)C(=O)N[C@@H](CC(=O)O)C(=O)N[C@@H](CO)C(=O)N1CCC[C@H]1C(=O)NCC(=O)N[C@@H](CO)C(=O)O. The van der Waals surface area contributed by atoms with Crippen LogP contribution in [0.25, 0.3) is 0 Å². The minimum atomic E-state index is -1.81. The largest absolute Gasteiger partial charge is 0.481 e. The molecule has 51 heavy (non-hydrogen) atoms. The molecule has 22 nitrogen and oxygen atoms in total. The van der Waals surface area contributed by atoms with Crippen LogP contribution in [-0.2, 0) is 43.2 Å². The van der Waals surface area contributed by atoms with Gasteiger partial charge in [0.05, 0.1) is 38.8 Å². The van der Waals surface area contributed by atoms with E-state index < -0.39 is 128 Å². The average molecular weight is 733 g/mol. The Morgan fingerprint density at radius 2 is 1.27 bits per heavy atom. The molecule has 22 heteroatoms. The number of hydrogen-bond donors (Lipinski definition) is 12. The van der Waals surface area contributed by atoms with Gasteiger partial charge in [-0.05, 0) is 32.1 Å². The van der Waals surface area contributed by atoms with Gasteiger partial charge in [0.1, 0.15) is 36.3 Å². The van der Waals surface area contributed by atoms with Crippen LogP contribution in [0.4, 0.5) is 0 Å². The third-order valence-corrected chi connectivity index (χ3v) is 7.49. The minimum Gasteiger partial charge on any atom is -0.481 e. The van der Waals surface area contributed by atoms with E-state index in [0.29, 0.717) is 6.42 Å². The van der Waals surface area contributed by atoms with Crippen LogP contribution in [0.15, 0.2) is 0 Å². The van der Waals surface area contributed by atoms with Gasteiger partial charge in [0, 0.05) is 6.54 Å². The monoisotopic (exact) mass is 732 g/mol. The number of rotatable bonds is 21. The average Bonchev–Trinajstić information content (AvgIpc) is 3.55. The number of aliphatic carboxylic acids is 2. The smallest absolute Gasteiger partial charge is 0.328 e. The maximum absolute atomic E-state index is 13.3. The lowest BCUT2D eigenvalue weighted by Crippen LogP contribution is -2.60. The quantitative estimate of drug-likeness (QED) is 0.0522. The standard InChI is InChI=1S/C29H48N8O14/c1-13(2)7-15(33-20(41)10-32-27(48)23(30)14(3)40)24(45)35-16(8-22(43)44)25(46)36-17(11-38)28(49)37-6-4-5-19(37)26(47)31-9-21(42)34-18(12-39)29(50)51/h13-19,23,38-40H,4-12,30H2,1-3H3,(H,31,47)(H,32,48)(H,33,41)(H,34,42)(H,35,45)(H,36,46)(H,43,44)(H,50,51)/t14-,15+,16+,17+,18+,19+,23+/m1/s1. The zero-order valence-corrected chi connectivity index (χ0v) is 28.4. The lowest BCUT2D eigenvalue weighted by Gasteiger charge is -2.29. The zero-order chi connectivity index (χ0) is 39.0. The van der Waals surface area contributed by atoms with Crippen LogP contribution in [0.1, 0.15) is 46.5 Å². The Bertz CT molecular complexity index is 1300. The second-order valence-corrected chi connectivity index (χ2v) is 12.2. The van der Waals surface area contributed by atoms with Crippen molar-refractivity contribution in [1.29, 1.82) is 0 Å². The molecule has 1 saturated heterocycles. The summed E-state index contributed by atoms with van der Waals surface area (Å²) in [6.45, 7) is 1.47. The number of aliphatic hydroxyl groups is 3. The van der Waals surface area contributed by atoms with Crippen molar-refractivity contribution in [1.82, 2.24) is 36.8 Å². The van der Waals surface area contributed by atoms with Crippen molar-refractivity contribution >= 4 is 53.3 Å². The number of carbonyl (C=O) groups excluding carboxylic acids is 7. The van der Waals surface area contributed by atoms with Crippen LogP contribution >= 0.6 is 0 Å². The summed E-state index contributed by atoms with van der Waals surface area (Å²) < 4.78 is 0. The summed E-state index contributed by atoms with van der Waals surface area (Å²) in [4.78, 5) is 113. The zero-order valence-electron chi connectivity index (χ0n) is 28.4. The first kappa shape index (κ1) is 44.1. The maximum Gasteiger partial charge on any atom is 0.328 e. The van der Waals surface area contributed by atoms with E-state index in [1.165, 1.54) is 6.92 Å². The van der Waals surface area contributed by atoms with Gasteiger partial charge in [-0.2, -0.15) is 0 Å². The van der Waals surface area contributed by atoms with Gasteiger partial charge in [0.25, 0.3) is 0 Å². The first-order valence-electron chi connectivity index (χ1n) is 16.0. The van der Waals surface area contributed by atoms with E-state index in [-0.39, 0.29) is 25.3 Å². The van der Waals surface area contributed by atoms with Crippen LogP contribution in [0, 0.1) is 5.92 Å². The Labute approximate surface area is 292 Å². The van der Waals surface area contributed by atoms with Crippen molar-refractivity contribution in [2.24, 2.45) is 11.7 Å². The summed E-state index contributed by atoms with van der Waals surface area (Å²) in [7, 11) is 0. The minimum absolute atomic E-state index is 0.00161. The highest BCUT2D eigenvalue weighted by molar-refractivity contribution is 5.98. The fourth-order valence-electron chi connectivity index (χ4n) is 4.79. The van der Waals surface area contributed by atoms with Gasteiger partial charge in [-0.25, -0.2) is 4.79 Å². The Balaban J connectivity index is 2.98. The van der Waals surface area contributed by atoms with Gasteiger partial charge in [-0.15, -0.1) is 0 Å². The number of amides is 7. The van der Waals surface area contributed by atoms with E-state index in [0.717, 1.165) is 4.90 Å². The summed E-state index contributed by atoms with van der Waals surface area (Å²) in [6, 6.07) is -8.92. The number of aliphatic hydroxyl groups excluding tert-OH is 3. The molecule has 1 heterocycles. The van der Waals surface area contributed by atoms with Crippen LogP contribution < -0.4 is 37.6 Å². The van der Waals surface area contributed by atoms with Crippen molar-refractivity contribution in [3.8, 4) is 0 Å². The van der Waals surface area contributed by atoms with E-state index in [1.807, 2.05) is 5.32 Å². The van der Waals surface area contributed by atoms with Crippen LogP contribution in [0.5, 0.6) is 0 Å². The fourth-order valence-corrected chi connectivity index (χ4v) is 4.79. The van der Waals surface area contributed by atoms with Crippen LogP contribution in [-0.4, -0.2) is 159 Å². The molecule has 7 amide bonds. The summed E-state index contributed by atoms with van der Waals surface area (Å²) >= 11 is 0. The molecule has 0 saturated carbocycles. The van der Waals surface area contributed by atoms with Crippen molar-refractivity contribution in [3.63, 3.8) is 0 Å². The Kier molecular flexibility index (Phi) is 18.4. The summed E-state index contributed by atoms with van der Waals surface area (Å²) in [6.07, 6.45) is -1.74. The van der Waals surface area contributed by atoms with E-state index in [4.69, 9.17) is 15.9 Å². The summed E-state index contributed by atoms with van der Waals surface area (Å²) in [5, 5.41) is 60.0. The van der Waals surface area contributed by atoms with Gasteiger partial charge in [0.15, 0.2) is 0 Å². The van der Waals surface area contributed by atoms with Gasteiger partial charge in [0.2, 0.25) is 41.4 Å². The molecule has 0 aromatic carbocycles. The Morgan fingerprint density at radius 3 is 1.78 bits per heavy atom. The van der Waals surface area contributed by atoms with Gasteiger partial charge < -0.3 is 68.1 Å². The van der Waals surface area contributed by atoms with E-state index >= 15 is 0 Å². The molecule has 1 rings (SSSR count). The number of nitrogens with zero attached hydrogens (tertiary/aromatic N) is 1. The van der Waals surface area contributed by atoms with Crippen molar-refractivity contribution in [2.75, 3.05) is 32.8 Å². The number of carboxylic acid groups (broad SMARTS) is 2. The highest BCUT2D eigenvalue weighted by atomic mass is 16.4. The van der Waals surface area contributed by atoms with Gasteiger partial charge in [-0.3, -0.25) is 38.4 Å². The predicted octanol–water partition coefficient (Wildman–Crippen LogP) is -6.55. The number of carboxylic acids is 2. The van der Waals surface area contributed by atoms with E-state index in [9.17, 15) is 58.5 Å². The highest BCUT2D eigenvalue weighted by Crippen LogP contribution is 2.19. The molecule has 0 aliphatic carbocycles. The molecule has 0 bridgehead atoms. The molecule has 13 N–H and O–H groups in total. The van der Waals surface area contributed by atoms with Crippen molar-refractivity contribution in [2.45, 2.75) is 88.8 Å². The van der Waals surface area contributed by atoms with E-state index in [1.54, 1.807) is 13.8 Å². The predicted molar refractivity (Wildman–Crippen MR) is 172 cm³/mol. The Morgan fingerprint density at radius 1 is 0.745 bits per heavy atom. The Hall–Kier alpha value is -4.93. The number of carbonyl (C=O) groups is 9. The first-order valence-corrected chi connectivity index (χ1v) is 16.0. The molecule has 0 radical (unpaired) electrons. The van der Waals surface area contributed by atoms with Crippen molar-refractivity contribution < 1.29 is 68.7 Å². The van der Waals surface area contributed by atoms with Gasteiger partial charge >= 0.3 is 11.9 Å². The number of likely N-dealkylation sites (tertiary alicyclic amines) is 1. The molecular weight excluding hydrogens is 684 g/mol. The van der Waals surface area contributed by atoms with Crippen molar-refractivity contribution in [3.05, 3.63) is 0 Å². The molecule has 0 spiro atoms. The third-order valence-electron chi connectivity index (χ3n) is 7.49. The third kappa shape index (κ3) is 14.8. The number of hydrogen-bond acceptors (Lipinski definition) is 13. The molecule has 288 valence electrons. The van der Waals surface area contributed by atoms with Crippen LogP contribution in [0.2, 0.25) is 0 Å². The number of nitrogens with one attached hydrogen (secondary N) is 6. The maximum atomic E-state index is 13.3. The normalized spacial score (nSPS) is 17.5.